The molecular formula is C14H16N4OS. The van der Waals surface area contributed by atoms with Gasteiger partial charge in [-0.3, -0.25) is 15.2 Å². The molecule has 2 rings (SSSR count). The number of nitrogens with zero attached hydrogens (tertiary/aromatic N) is 1. The first-order chi connectivity index (χ1) is 9.69. The third-order valence-electron chi connectivity index (χ3n) is 2.75. The van der Waals surface area contributed by atoms with Gasteiger partial charge >= 0.3 is 0 Å². The lowest BCUT2D eigenvalue weighted by molar-refractivity contribution is -0.120. The fourth-order valence-corrected chi connectivity index (χ4v) is 2.57. The van der Waals surface area contributed by atoms with Crippen LogP contribution in [0, 0.1) is 0 Å². The van der Waals surface area contributed by atoms with E-state index in [0.29, 0.717) is 12.1 Å². The largest absolute Gasteiger partial charge is 0.397 e. The maximum atomic E-state index is 11.2. The zero-order valence-corrected chi connectivity index (χ0v) is 11.7. The van der Waals surface area contributed by atoms with E-state index in [9.17, 15) is 4.79 Å². The summed E-state index contributed by atoms with van der Waals surface area (Å²) in [6.45, 7) is 0. The molecule has 6 heteroatoms. The van der Waals surface area contributed by atoms with Crippen molar-refractivity contribution >= 4 is 23.4 Å². The second-order valence-electron chi connectivity index (χ2n) is 4.26. The molecule has 5 nitrogen and oxygen atoms in total. The Morgan fingerprint density at radius 1 is 1.20 bits per heavy atom. The topological polar surface area (TPSA) is 94.0 Å². The third-order valence-corrected chi connectivity index (χ3v) is 3.91. The van der Waals surface area contributed by atoms with E-state index in [1.54, 1.807) is 24.2 Å². The van der Waals surface area contributed by atoms with Crippen LogP contribution in [0.5, 0.6) is 0 Å². The van der Waals surface area contributed by atoms with Crippen LogP contribution in [0.1, 0.15) is 11.1 Å². The number of nitrogens with one attached hydrogen (secondary N) is 1. The van der Waals surface area contributed by atoms with Crippen molar-refractivity contribution in [2.24, 2.45) is 5.84 Å². The summed E-state index contributed by atoms with van der Waals surface area (Å²) >= 11 is 1.66. The molecule has 0 bridgehead atoms. The molecule has 1 heterocycles. The molecule has 104 valence electrons. The van der Waals surface area contributed by atoms with Gasteiger partial charge in [0.15, 0.2) is 0 Å². The third kappa shape index (κ3) is 3.97. The number of carbonyl (C=O) groups is 1. The van der Waals surface area contributed by atoms with E-state index in [-0.39, 0.29) is 5.91 Å². The number of nitrogen functional groups attached to an aromatic ring is 1. The number of hydrogen-bond donors (Lipinski definition) is 3. The van der Waals surface area contributed by atoms with Crippen molar-refractivity contribution in [1.82, 2.24) is 10.4 Å². The number of benzene rings is 1. The minimum atomic E-state index is -0.198. The Bertz CT molecular complexity index is 586. The van der Waals surface area contributed by atoms with E-state index >= 15 is 0 Å². The molecule has 2 aromatic rings. The van der Waals surface area contributed by atoms with E-state index in [1.165, 1.54) is 5.56 Å². The van der Waals surface area contributed by atoms with Crippen LogP contribution in [-0.2, 0) is 17.0 Å². The van der Waals surface area contributed by atoms with E-state index in [1.807, 2.05) is 30.3 Å². The molecule has 0 radical (unpaired) electrons. The Morgan fingerprint density at radius 2 is 1.90 bits per heavy atom. The van der Waals surface area contributed by atoms with E-state index in [2.05, 4.69) is 10.4 Å². The molecule has 20 heavy (non-hydrogen) atoms. The summed E-state index contributed by atoms with van der Waals surface area (Å²) in [4.78, 5) is 16.1. The van der Waals surface area contributed by atoms with Gasteiger partial charge in [0.2, 0.25) is 5.91 Å². The Hall–Kier alpha value is -2.05. The lowest BCUT2D eigenvalue weighted by Gasteiger charge is -2.06. The van der Waals surface area contributed by atoms with E-state index < -0.39 is 0 Å². The summed E-state index contributed by atoms with van der Waals surface area (Å²) < 4.78 is 0. The van der Waals surface area contributed by atoms with Crippen LogP contribution in [0.4, 0.5) is 5.69 Å². The summed E-state index contributed by atoms with van der Waals surface area (Å²) in [6, 6.07) is 9.77. The first-order valence-corrected chi connectivity index (χ1v) is 7.07. The minimum Gasteiger partial charge on any atom is -0.397 e. The highest BCUT2D eigenvalue weighted by Crippen LogP contribution is 2.27. The van der Waals surface area contributed by atoms with Crippen molar-refractivity contribution < 1.29 is 4.79 Å². The van der Waals surface area contributed by atoms with Crippen LogP contribution in [-0.4, -0.2) is 10.9 Å². The van der Waals surface area contributed by atoms with Crippen molar-refractivity contribution in [3.05, 3.63) is 53.9 Å². The van der Waals surface area contributed by atoms with Crippen molar-refractivity contribution in [3.63, 3.8) is 0 Å². The van der Waals surface area contributed by atoms with Crippen LogP contribution in [0.3, 0.4) is 0 Å². The van der Waals surface area contributed by atoms with Crippen LogP contribution in [0.15, 0.2) is 47.6 Å². The number of carbonyl (C=O) groups excluding carboxylic acids is 1. The smallest absolute Gasteiger partial charge is 0.238 e. The molecule has 0 saturated heterocycles. The number of rotatable bonds is 5. The van der Waals surface area contributed by atoms with Crippen LogP contribution in [0.2, 0.25) is 0 Å². The highest BCUT2D eigenvalue weighted by molar-refractivity contribution is 7.98. The number of thioether (sulfide) groups is 1. The fourth-order valence-electron chi connectivity index (χ4n) is 1.68. The predicted molar refractivity (Wildman–Crippen MR) is 80.7 cm³/mol. The molecule has 0 fully saturated rings. The first-order valence-electron chi connectivity index (χ1n) is 6.08. The number of anilines is 1. The molecule has 1 amide bonds. The average molecular weight is 288 g/mol. The zero-order valence-electron chi connectivity index (χ0n) is 10.9. The molecule has 0 spiro atoms. The summed E-state index contributed by atoms with van der Waals surface area (Å²) in [6.07, 6.45) is 3.67. The van der Waals surface area contributed by atoms with E-state index in [0.717, 1.165) is 16.2 Å². The van der Waals surface area contributed by atoms with Gasteiger partial charge in [-0.25, -0.2) is 5.84 Å². The average Bonchev–Trinajstić information content (AvgIpc) is 2.48. The number of hydrogen-bond acceptors (Lipinski definition) is 5. The van der Waals surface area contributed by atoms with Gasteiger partial charge in [-0.1, -0.05) is 24.3 Å². The summed E-state index contributed by atoms with van der Waals surface area (Å²) in [5, 5.41) is 0. The van der Waals surface area contributed by atoms with Gasteiger partial charge in [-0.05, 0) is 17.2 Å². The van der Waals surface area contributed by atoms with Crippen molar-refractivity contribution in [1.29, 1.82) is 0 Å². The van der Waals surface area contributed by atoms with Crippen LogP contribution in [0.25, 0.3) is 0 Å². The SMILES string of the molecule is NNC(=O)Cc1ccc(CSc2ccncc2N)cc1. The van der Waals surface area contributed by atoms with Crippen molar-refractivity contribution in [3.8, 4) is 0 Å². The van der Waals surface area contributed by atoms with Crippen molar-refractivity contribution in [2.75, 3.05) is 5.73 Å². The maximum absolute atomic E-state index is 11.2. The van der Waals surface area contributed by atoms with Gasteiger partial charge in [0, 0.05) is 16.8 Å². The number of amides is 1. The molecule has 0 aliphatic heterocycles. The molecule has 0 aliphatic carbocycles. The van der Waals surface area contributed by atoms with Crippen LogP contribution < -0.4 is 17.0 Å². The van der Waals surface area contributed by atoms with Gasteiger partial charge in [0.05, 0.1) is 18.3 Å². The van der Waals surface area contributed by atoms with Gasteiger partial charge in [-0.15, -0.1) is 11.8 Å². The number of pyridine rings is 1. The highest BCUT2D eigenvalue weighted by Gasteiger charge is 2.03. The zero-order chi connectivity index (χ0) is 14.4. The maximum Gasteiger partial charge on any atom is 0.238 e. The molecule has 0 atom stereocenters. The van der Waals surface area contributed by atoms with Gasteiger partial charge in [0.1, 0.15) is 0 Å². The number of nitrogens with two attached hydrogens (primary N) is 2. The molecule has 1 aromatic carbocycles. The Balaban J connectivity index is 1.94. The second kappa shape index (κ2) is 6.93. The monoisotopic (exact) mass is 288 g/mol. The quantitative estimate of drug-likeness (QED) is 0.335. The number of aromatic nitrogens is 1. The van der Waals surface area contributed by atoms with Gasteiger partial charge in [-0.2, -0.15) is 0 Å². The lowest BCUT2D eigenvalue weighted by Crippen LogP contribution is -2.31. The fraction of sp³-hybridized carbons (Fsp3) is 0.143. The second-order valence-corrected chi connectivity index (χ2v) is 5.28. The van der Waals surface area contributed by atoms with Crippen molar-refractivity contribution in [2.45, 2.75) is 17.1 Å². The first kappa shape index (κ1) is 14.4. The summed E-state index contributed by atoms with van der Waals surface area (Å²) in [7, 11) is 0. The summed E-state index contributed by atoms with van der Waals surface area (Å²) in [5.41, 5.74) is 10.8. The molecular weight excluding hydrogens is 272 g/mol. The summed E-state index contributed by atoms with van der Waals surface area (Å²) in [5.74, 6) is 5.68. The minimum absolute atomic E-state index is 0.198. The molecule has 0 saturated carbocycles. The molecule has 0 aliphatic rings. The molecule has 5 N–H and O–H groups in total. The lowest BCUT2D eigenvalue weighted by atomic mass is 10.1. The van der Waals surface area contributed by atoms with Gasteiger partial charge in [0.25, 0.3) is 0 Å². The molecule has 0 unspecified atom stereocenters. The van der Waals surface area contributed by atoms with Gasteiger partial charge < -0.3 is 5.73 Å². The predicted octanol–water partition coefficient (Wildman–Crippen LogP) is 1.49. The Morgan fingerprint density at radius 3 is 2.55 bits per heavy atom. The Labute approximate surface area is 121 Å². The standard InChI is InChI=1S/C14H16N4OS/c15-12-8-17-6-5-13(12)20-9-11-3-1-10(2-4-11)7-14(19)18-16/h1-6,8H,7,9,15-16H2,(H,18,19). The number of hydrazine groups is 1. The normalized spacial score (nSPS) is 10.2. The van der Waals surface area contributed by atoms with Crippen LogP contribution >= 0.6 is 11.8 Å². The van der Waals surface area contributed by atoms with E-state index in [4.69, 9.17) is 11.6 Å². The Kier molecular flexibility index (Phi) is 4.97. The molecule has 1 aromatic heterocycles. The highest BCUT2D eigenvalue weighted by atomic mass is 32.2.